The van der Waals surface area contributed by atoms with E-state index in [1.54, 1.807) is 48.7 Å². The molecule has 4 N–H and O–H groups in total. The van der Waals surface area contributed by atoms with Crippen LogP contribution in [0.15, 0.2) is 65.3 Å². The molecule has 1 aromatic heterocycles. The summed E-state index contributed by atoms with van der Waals surface area (Å²) in [4.78, 5) is 29.7. The maximum absolute atomic E-state index is 13.2. The summed E-state index contributed by atoms with van der Waals surface area (Å²) in [7, 11) is 0. The molecule has 158 valence electrons. The SMILES string of the molecule is Nc1ncc(Br)cc1NC(=O)C1(c2ccc(NC(=O)c3cccc(Cl)c3)cc2)CCC1. The van der Waals surface area contributed by atoms with E-state index in [1.165, 1.54) is 0 Å². The van der Waals surface area contributed by atoms with Crippen LogP contribution in [0, 0.1) is 0 Å². The van der Waals surface area contributed by atoms with Gasteiger partial charge in [-0.1, -0.05) is 36.2 Å². The number of nitrogens with zero attached hydrogens (tertiary/aromatic N) is 1. The minimum absolute atomic E-state index is 0.110. The van der Waals surface area contributed by atoms with Crippen molar-refractivity contribution in [3.63, 3.8) is 0 Å². The summed E-state index contributed by atoms with van der Waals surface area (Å²) in [6.07, 6.45) is 4.04. The first-order valence-electron chi connectivity index (χ1n) is 9.77. The first-order valence-corrected chi connectivity index (χ1v) is 10.9. The summed E-state index contributed by atoms with van der Waals surface area (Å²) >= 11 is 9.31. The summed E-state index contributed by atoms with van der Waals surface area (Å²) in [6.45, 7) is 0. The molecule has 0 atom stereocenters. The molecule has 6 nitrogen and oxygen atoms in total. The number of carbonyl (C=O) groups is 2. The van der Waals surface area contributed by atoms with Crippen LogP contribution in [0.3, 0.4) is 0 Å². The number of halogens is 2. The number of pyridine rings is 1. The second-order valence-electron chi connectivity index (χ2n) is 7.52. The number of carbonyl (C=O) groups excluding carboxylic acids is 2. The van der Waals surface area contributed by atoms with Crippen LogP contribution in [-0.4, -0.2) is 16.8 Å². The average molecular weight is 500 g/mol. The molecule has 8 heteroatoms. The summed E-state index contributed by atoms with van der Waals surface area (Å²) < 4.78 is 0.736. The normalized spacial score (nSPS) is 14.4. The van der Waals surface area contributed by atoms with E-state index >= 15 is 0 Å². The highest BCUT2D eigenvalue weighted by molar-refractivity contribution is 9.10. The summed E-state index contributed by atoms with van der Waals surface area (Å²) in [5.41, 5.74) is 7.79. The first-order chi connectivity index (χ1) is 14.9. The molecule has 0 aliphatic heterocycles. The van der Waals surface area contributed by atoms with Crippen molar-refractivity contribution in [2.24, 2.45) is 0 Å². The van der Waals surface area contributed by atoms with E-state index in [2.05, 4.69) is 31.5 Å². The average Bonchev–Trinajstić information content (AvgIpc) is 2.71. The summed E-state index contributed by atoms with van der Waals surface area (Å²) in [5.74, 6) is -0.0878. The second kappa shape index (κ2) is 8.69. The lowest BCUT2D eigenvalue weighted by molar-refractivity contribution is -0.124. The van der Waals surface area contributed by atoms with Gasteiger partial charge in [0.1, 0.15) is 5.82 Å². The van der Waals surface area contributed by atoms with Crippen LogP contribution in [0.2, 0.25) is 5.02 Å². The van der Waals surface area contributed by atoms with Gasteiger partial charge >= 0.3 is 0 Å². The minimum Gasteiger partial charge on any atom is -0.382 e. The van der Waals surface area contributed by atoms with E-state index in [1.807, 2.05) is 12.1 Å². The molecule has 0 unspecified atom stereocenters. The highest BCUT2D eigenvalue weighted by Gasteiger charge is 2.45. The number of nitrogens with one attached hydrogen (secondary N) is 2. The zero-order valence-electron chi connectivity index (χ0n) is 16.5. The van der Waals surface area contributed by atoms with Crippen molar-refractivity contribution in [1.82, 2.24) is 4.98 Å². The van der Waals surface area contributed by atoms with Crippen molar-refractivity contribution in [2.75, 3.05) is 16.4 Å². The third-order valence-electron chi connectivity index (χ3n) is 5.56. The quantitative estimate of drug-likeness (QED) is 0.438. The van der Waals surface area contributed by atoms with Gasteiger partial charge in [-0.15, -0.1) is 0 Å². The number of anilines is 3. The van der Waals surface area contributed by atoms with Crippen molar-refractivity contribution in [3.05, 3.63) is 81.4 Å². The van der Waals surface area contributed by atoms with Crippen molar-refractivity contribution in [1.29, 1.82) is 0 Å². The molecule has 1 fully saturated rings. The van der Waals surface area contributed by atoms with E-state index in [0.717, 1.165) is 29.3 Å². The number of aromatic nitrogens is 1. The molecular weight excluding hydrogens is 480 g/mol. The van der Waals surface area contributed by atoms with Crippen LogP contribution < -0.4 is 16.4 Å². The lowest BCUT2D eigenvalue weighted by atomic mass is 9.63. The van der Waals surface area contributed by atoms with E-state index in [-0.39, 0.29) is 17.6 Å². The van der Waals surface area contributed by atoms with Crippen LogP contribution in [-0.2, 0) is 10.2 Å². The number of nitrogen functional groups attached to an aromatic ring is 1. The van der Waals surface area contributed by atoms with Gasteiger partial charge in [-0.05, 0) is 70.7 Å². The zero-order chi connectivity index (χ0) is 22.0. The Kier molecular flexibility index (Phi) is 5.98. The number of nitrogens with two attached hydrogens (primary N) is 1. The van der Waals surface area contributed by atoms with Crippen LogP contribution in [0.25, 0.3) is 0 Å². The van der Waals surface area contributed by atoms with E-state index in [9.17, 15) is 9.59 Å². The van der Waals surface area contributed by atoms with Gasteiger partial charge in [0.05, 0.1) is 11.1 Å². The van der Waals surface area contributed by atoms with E-state index in [0.29, 0.717) is 22.0 Å². The molecule has 2 amide bonds. The van der Waals surface area contributed by atoms with Crippen LogP contribution in [0.1, 0.15) is 35.2 Å². The van der Waals surface area contributed by atoms with Crippen molar-refractivity contribution < 1.29 is 9.59 Å². The van der Waals surface area contributed by atoms with E-state index < -0.39 is 5.41 Å². The molecule has 1 heterocycles. The Hall–Kier alpha value is -2.90. The number of rotatable bonds is 5. The lowest BCUT2D eigenvalue weighted by Gasteiger charge is -2.40. The van der Waals surface area contributed by atoms with Crippen LogP contribution >= 0.6 is 27.5 Å². The summed E-state index contributed by atoms with van der Waals surface area (Å²) in [5, 5.41) is 6.28. The Morgan fingerprint density at radius 1 is 1.06 bits per heavy atom. The zero-order valence-corrected chi connectivity index (χ0v) is 18.8. The van der Waals surface area contributed by atoms with Gasteiger partial charge in [0, 0.05) is 26.9 Å². The van der Waals surface area contributed by atoms with Crippen LogP contribution in [0.4, 0.5) is 17.2 Å². The molecule has 0 saturated heterocycles. The fourth-order valence-electron chi connectivity index (χ4n) is 3.67. The molecule has 1 aliphatic rings. The van der Waals surface area contributed by atoms with Gasteiger partial charge < -0.3 is 16.4 Å². The molecule has 0 bridgehead atoms. The molecular formula is C23H20BrClN4O2. The monoisotopic (exact) mass is 498 g/mol. The van der Waals surface area contributed by atoms with Gasteiger partial charge in [-0.25, -0.2) is 4.98 Å². The fourth-order valence-corrected chi connectivity index (χ4v) is 4.20. The van der Waals surface area contributed by atoms with Gasteiger partial charge in [0.15, 0.2) is 0 Å². The maximum atomic E-state index is 13.2. The highest BCUT2D eigenvalue weighted by Crippen LogP contribution is 2.45. The lowest BCUT2D eigenvalue weighted by Crippen LogP contribution is -2.46. The third kappa shape index (κ3) is 4.43. The predicted octanol–water partition coefficient (Wildman–Crippen LogP) is 5.39. The fraction of sp³-hybridized carbons (Fsp3) is 0.174. The highest BCUT2D eigenvalue weighted by atomic mass is 79.9. The molecule has 4 rings (SSSR count). The van der Waals surface area contributed by atoms with Gasteiger partial charge in [-0.3, -0.25) is 9.59 Å². The van der Waals surface area contributed by atoms with Crippen molar-refractivity contribution in [3.8, 4) is 0 Å². The first kappa shape index (κ1) is 21.3. The molecule has 0 spiro atoms. The van der Waals surface area contributed by atoms with E-state index in [4.69, 9.17) is 17.3 Å². The molecule has 1 saturated carbocycles. The topological polar surface area (TPSA) is 97.1 Å². The Balaban J connectivity index is 1.50. The molecule has 31 heavy (non-hydrogen) atoms. The smallest absolute Gasteiger partial charge is 0.255 e. The molecule has 3 aromatic rings. The number of benzene rings is 2. The number of hydrogen-bond donors (Lipinski definition) is 3. The Bertz CT molecular complexity index is 1150. The molecule has 1 aliphatic carbocycles. The Morgan fingerprint density at radius 3 is 2.45 bits per heavy atom. The largest absolute Gasteiger partial charge is 0.382 e. The van der Waals surface area contributed by atoms with Crippen molar-refractivity contribution in [2.45, 2.75) is 24.7 Å². The molecule has 0 radical (unpaired) electrons. The number of amides is 2. The van der Waals surface area contributed by atoms with Crippen molar-refractivity contribution >= 4 is 56.5 Å². The Labute approximate surface area is 193 Å². The van der Waals surface area contributed by atoms with Gasteiger partial charge in [0.2, 0.25) is 5.91 Å². The minimum atomic E-state index is -0.621. The van der Waals surface area contributed by atoms with Gasteiger partial charge in [-0.2, -0.15) is 0 Å². The van der Waals surface area contributed by atoms with Gasteiger partial charge in [0.25, 0.3) is 5.91 Å². The maximum Gasteiger partial charge on any atom is 0.255 e. The third-order valence-corrected chi connectivity index (χ3v) is 6.23. The Morgan fingerprint density at radius 2 is 1.81 bits per heavy atom. The van der Waals surface area contributed by atoms with Crippen LogP contribution in [0.5, 0.6) is 0 Å². The predicted molar refractivity (Wildman–Crippen MR) is 126 cm³/mol. The number of hydrogen-bond acceptors (Lipinski definition) is 4. The molecule has 2 aromatic carbocycles. The standard InChI is InChI=1S/C23H20BrClN4O2/c24-16-12-19(20(26)27-13-16)29-22(31)23(9-2-10-23)15-5-7-18(8-6-15)28-21(30)14-3-1-4-17(25)11-14/h1,3-8,11-13H,2,9-10H2,(H2,26,27)(H,28,30)(H,29,31). The summed E-state index contributed by atoms with van der Waals surface area (Å²) in [6, 6.07) is 15.9. The second-order valence-corrected chi connectivity index (χ2v) is 8.87.